The molecule has 2 aliphatic heterocycles. The number of carbonyl (C=O) groups is 4. The number of carbonyl (C=O) groups excluding carboxylic acids is 4. The molecule has 2 fully saturated rings. The van der Waals surface area contributed by atoms with Gasteiger partial charge >= 0.3 is 12.2 Å². The Labute approximate surface area is 335 Å². The van der Waals surface area contributed by atoms with Crippen molar-refractivity contribution in [1.82, 2.24) is 31.1 Å². The van der Waals surface area contributed by atoms with E-state index in [0.717, 1.165) is 24.8 Å². The van der Waals surface area contributed by atoms with Crippen LogP contribution in [0.3, 0.4) is 0 Å². The Balaban J connectivity index is 1.36. The van der Waals surface area contributed by atoms with Crippen LogP contribution in [0.2, 0.25) is 0 Å². The van der Waals surface area contributed by atoms with Crippen LogP contribution in [0.15, 0.2) is 85.5 Å². The zero-order valence-electron chi connectivity index (χ0n) is 33.8. The van der Waals surface area contributed by atoms with Crippen LogP contribution in [-0.2, 0) is 19.1 Å². The lowest BCUT2D eigenvalue weighted by Crippen LogP contribution is -2.53. The summed E-state index contributed by atoms with van der Waals surface area (Å²) in [7, 11) is 2.53. The van der Waals surface area contributed by atoms with Crippen LogP contribution in [0.1, 0.15) is 64.5 Å². The van der Waals surface area contributed by atoms with Gasteiger partial charge in [-0.1, -0.05) is 53.0 Å². The van der Waals surface area contributed by atoms with E-state index >= 15 is 0 Å². The lowest BCUT2D eigenvalue weighted by molar-refractivity contribution is -0.135. The predicted octanol–water partition coefficient (Wildman–Crippen LogP) is 4.94. The molecule has 2 saturated heterocycles. The quantitative estimate of drug-likeness (QED) is 0.135. The third-order valence-electron chi connectivity index (χ3n) is 10.1. The Morgan fingerprint density at radius 3 is 1.79 bits per heavy atom. The molecule has 2 aromatic rings. The van der Waals surface area contributed by atoms with Crippen molar-refractivity contribution in [3.63, 3.8) is 0 Å². The van der Waals surface area contributed by atoms with Crippen LogP contribution >= 0.6 is 0 Å². The number of rotatable bonds is 16. The highest BCUT2D eigenvalue weighted by atomic mass is 16.5. The van der Waals surface area contributed by atoms with Gasteiger partial charge in [-0.2, -0.15) is 0 Å². The number of benzene rings is 2. The second-order valence-corrected chi connectivity index (χ2v) is 14.7. The molecule has 2 aromatic carbocycles. The number of methoxy groups -OCH3 is 2. The van der Waals surface area contributed by atoms with Gasteiger partial charge in [-0.25, -0.2) is 9.59 Å². The van der Waals surface area contributed by atoms with E-state index in [1.807, 2.05) is 76.2 Å². The molecular formula is C42H58N8O7. The first-order valence-corrected chi connectivity index (χ1v) is 19.2. The molecule has 0 unspecified atom stereocenters. The number of amides is 4. The first-order valence-electron chi connectivity index (χ1n) is 19.2. The minimum atomic E-state index is -0.734. The van der Waals surface area contributed by atoms with Crippen LogP contribution in [-0.4, -0.2) is 85.3 Å². The minimum absolute atomic E-state index is 0.138. The van der Waals surface area contributed by atoms with E-state index < -0.39 is 24.3 Å². The number of hydrogen-bond donors (Lipinski definition) is 6. The summed E-state index contributed by atoms with van der Waals surface area (Å²) in [6.45, 7) is 17.0. The molecule has 8 N–H and O–H groups in total. The van der Waals surface area contributed by atoms with E-state index in [4.69, 9.17) is 25.7 Å². The molecule has 0 spiro atoms. The summed E-state index contributed by atoms with van der Waals surface area (Å²) in [6.07, 6.45) is 4.82. The Bertz CT molecular complexity index is 1840. The van der Waals surface area contributed by atoms with E-state index in [0.29, 0.717) is 59.4 Å². The average Bonchev–Trinajstić information content (AvgIpc) is 3.91. The van der Waals surface area contributed by atoms with Crippen molar-refractivity contribution in [2.75, 3.05) is 27.3 Å². The zero-order valence-corrected chi connectivity index (χ0v) is 33.8. The lowest BCUT2D eigenvalue weighted by Gasteiger charge is -2.32. The molecule has 2 aliphatic rings. The summed E-state index contributed by atoms with van der Waals surface area (Å²) in [5, 5.41) is 11.8. The number of nitrogens with one attached hydrogen (secondary N) is 4. The van der Waals surface area contributed by atoms with Gasteiger partial charge in [0.1, 0.15) is 23.6 Å². The fourth-order valence-corrected chi connectivity index (χ4v) is 6.94. The number of hydrogen-bond acceptors (Lipinski definition) is 11. The second kappa shape index (κ2) is 20.2. The first-order chi connectivity index (χ1) is 27.2. The highest BCUT2D eigenvalue weighted by molar-refractivity contribution is 5.87. The van der Waals surface area contributed by atoms with Crippen LogP contribution in [0.5, 0.6) is 11.5 Å². The van der Waals surface area contributed by atoms with Crippen LogP contribution < -0.4 is 37.5 Å². The van der Waals surface area contributed by atoms with Crippen molar-refractivity contribution in [2.24, 2.45) is 23.3 Å². The largest absolute Gasteiger partial charge is 0.457 e. The van der Waals surface area contributed by atoms with E-state index in [1.54, 1.807) is 16.0 Å². The fourth-order valence-electron chi connectivity index (χ4n) is 6.94. The molecule has 0 aromatic heterocycles. The van der Waals surface area contributed by atoms with Gasteiger partial charge in [-0.05, 0) is 79.5 Å². The molecule has 4 rings (SSSR count). The topological polar surface area (TPSA) is 203 Å². The Kier molecular flexibility index (Phi) is 15.4. The Morgan fingerprint density at radius 1 is 0.772 bits per heavy atom. The molecule has 2 heterocycles. The highest BCUT2D eigenvalue weighted by Crippen LogP contribution is 2.29. The molecule has 4 atom stereocenters. The van der Waals surface area contributed by atoms with Gasteiger partial charge in [0.2, 0.25) is 11.8 Å². The molecular weight excluding hydrogens is 729 g/mol. The molecule has 0 aliphatic carbocycles. The van der Waals surface area contributed by atoms with Crippen molar-refractivity contribution in [2.45, 2.75) is 77.5 Å². The maximum Gasteiger partial charge on any atom is 0.407 e. The standard InChI is InChI=1S/C42H58N8O7/c1-25(2)37(47-41(53)55-7)39(51)49-20-10-14-35(49)27(5)45-24-33(44)30-12-9-13-32(22-30)57-31-18-16-29(17-19-31)34(23-43)46-28(6)36-15-11-21-50(36)40(52)38(26(3)4)48-42(54)56-8/h9,12-13,16-19,22-26,35-38,45-46H,5-6,10-11,14-15,20-21,43-44H2,1-4,7-8H3,(H,47,53)(H,48,54)/b33-24-,34-23-/t35-,36-,37-,38-/m0/s1. The van der Waals surface area contributed by atoms with Crippen LogP contribution in [0.25, 0.3) is 11.4 Å². The third kappa shape index (κ3) is 11.2. The number of ether oxygens (including phenoxy) is 3. The number of likely N-dealkylation sites (tertiary alicyclic amines) is 2. The second-order valence-electron chi connectivity index (χ2n) is 14.7. The molecule has 308 valence electrons. The minimum Gasteiger partial charge on any atom is -0.457 e. The van der Waals surface area contributed by atoms with E-state index in [9.17, 15) is 19.2 Å². The molecule has 0 radical (unpaired) electrons. The van der Waals surface area contributed by atoms with Gasteiger partial charge in [0.25, 0.3) is 0 Å². The van der Waals surface area contributed by atoms with Gasteiger partial charge in [-0.3, -0.25) is 9.59 Å². The van der Waals surface area contributed by atoms with Crippen molar-refractivity contribution >= 4 is 35.4 Å². The normalized spacial score (nSPS) is 18.1. The summed E-state index contributed by atoms with van der Waals surface area (Å²) in [6, 6.07) is 12.7. The molecule has 15 nitrogen and oxygen atoms in total. The smallest absolute Gasteiger partial charge is 0.407 e. The molecule has 0 bridgehead atoms. The van der Waals surface area contributed by atoms with Crippen molar-refractivity contribution in [3.8, 4) is 11.5 Å². The molecule has 0 saturated carbocycles. The number of alkyl carbamates (subject to hydrolysis) is 2. The summed E-state index contributed by atoms with van der Waals surface area (Å²) < 4.78 is 15.6. The molecule has 4 amide bonds. The number of nitrogens with zero attached hydrogens (tertiary/aromatic N) is 2. The van der Waals surface area contributed by atoms with Gasteiger partial charge in [-0.15, -0.1) is 0 Å². The van der Waals surface area contributed by atoms with Crippen molar-refractivity contribution in [3.05, 3.63) is 96.6 Å². The zero-order chi connectivity index (χ0) is 41.8. The Hall–Kier alpha value is -6.12. The third-order valence-corrected chi connectivity index (χ3v) is 10.1. The van der Waals surface area contributed by atoms with Crippen molar-refractivity contribution in [1.29, 1.82) is 0 Å². The van der Waals surface area contributed by atoms with E-state index in [2.05, 4.69) is 34.4 Å². The Morgan fingerprint density at radius 2 is 1.30 bits per heavy atom. The number of nitrogens with two attached hydrogens (primary N) is 2. The molecule has 57 heavy (non-hydrogen) atoms. The summed E-state index contributed by atoms with van der Waals surface area (Å²) in [5.74, 6) is 0.479. The summed E-state index contributed by atoms with van der Waals surface area (Å²) in [5.41, 5.74) is 16.3. The highest BCUT2D eigenvalue weighted by Gasteiger charge is 2.38. The monoisotopic (exact) mass is 786 g/mol. The van der Waals surface area contributed by atoms with Gasteiger partial charge in [0.05, 0.1) is 37.7 Å². The summed E-state index contributed by atoms with van der Waals surface area (Å²) >= 11 is 0. The lowest BCUT2D eigenvalue weighted by atomic mass is 10.0. The van der Waals surface area contributed by atoms with Crippen molar-refractivity contribution < 1.29 is 33.4 Å². The average molecular weight is 787 g/mol. The molecule has 15 heteroatoms. The van der Waals surface area contributed by atoms with E-state index in [-0.39, 0.29) is 35.7 Å². The maximum absolute atomic E-state index is 13.5. The fraction of sp³-hybridized carbons (Fsp3) is 0.429. The van der Waals surface area contributed by atoms with Gasteiger partial charge < -0.3 is 56.7 Å². The first kappa shape index (κ1) is 43.6. The van der Waals surface area contributed by atoms with Gasteiger partial charge in [0, 0.05) is 42.4 Å². The van der Waals surface area contributed by atoms with Crippen LogP contribution in [0, 0.1) is 11.8 Å². The van der Waals surface area contributed by atoms with Gasteiger partial charge in [0.15, 0.2) is 0 Å². The summed E-state index contributed by atoms with van der Waals surface area (Å²) in [4.78, 5) is 54.3. The van der Waals surface area contributed by atoms with Crippen LogP contribution in [0.4, 0.5) is 9.59 Å². The predicted molar refractivity (Wildman–Crippen MR) is 220 cm³/mol. The SMILES string of the molecule is C=C(N/C=C(\N)c1cccc(Oc2ccc(/C(=C/N)NC(=C)[C@@H]3CCCN3C(=O)[C@@H](NC(=O)OC)C(C)C)cc2)c1)[C@@H]1CCCN1C(=O)[C@@H](NC(=O)OC)C(C)C. The van der Waals surface area contributed by atoms with E-state index in [1.165, 1.54) is 20.4 Å². The maximum atomic E-state index is 13.5.